The van der Waals surface area contributed by atoms with Crippen molar-refractivity contribution in [2.75, 3.05) is 7.11 Å². The maximum atomic E-state index is 12.6. The van der Waals surface area contributed by atoms with Gasteiger partial charge in [0.05, 0.1) is 18.7 Å². The molecule has 5 heteroatoms. The molecule has 0 spiro atoms. The van der Waals surface area contributed by atoms with Crippen LogP contribution in [0.3, 0.4) is 0 Å². The maximum Gasteiger partial charge on any atom is 0.342 e. The first kappa shape index (κ1) is 15.4. The fraction of sp³-hybridized carbons (Fsp3) is 0.250. The van der Waals surface area contributed by atoms with E-state index in [1.54, 1.807) is 4.52 Å². The summed E-state index contributed by atoms with van der Waals surface area (Å²) < 4.78 is 6.82. The van der Waals surface area contributed by atoms with Crippen molar-refractivity contribution in [3.63, 3.8) is 0 Å². The van der Waals surface area contributed by atoms with Crippen molar-refractivity contribution in [3.8, 4) is 17.3 Å². The molecule has 0 saturated carbocycles. The Hall–Kier alpha value is -3.13. The Morgan fingerprint density at radius 3 is 2.88 bits per heavy atom. The van der Waals surface area contributed by atoms with Crippen molar-refractivity contribution in [1.82, 2.24) is 9.61 Å². The first-order chi connectivity index (χ1) is 12.2. The highest BCUT2D eigenvalue weighted by Gasteiger charge is 2.31. The van der Waals surface area contributed by atoms with Crippen molar-refractivity contribution in [2.24, 2.45) is 0 Å². The average Bonchev–Trinajstić information content (AvgIpc) is 3.23. The summed E-state index contributed by atoms with van der Waals surface area (Å²) in [6.07, 6.45) is 4.18. The number of nitriles is 1. The summed E-state index contributed by atoms with van der Waals surface area (Å²) in [7, 11) is 1.39. The Morgan fingerprint density at radius 1 is 1.36 bits per heavy atom. The van der Waals surface area contributed by atoms with Gasteiger partial charge in [-0.05, 0) is 36.0 Å². The number of hydrogen-bond acceptors (Lipinski definition) is 4. The summed E-state index contributed by atoms with van der Waals surface area (Å²) in [5, 5.41) is 13.8. The van der Waals surface area contributed by atoms with E-state index in [1.807, 2.05) is 42.6 Å². The number of benzene rings is 1. The van der Waals surface area contributed by atoms with E-state index in [2.05, 4.69) is 11.2 Å². The first-order valence-electron chi connectivity index (χ1n) is 8.29. The lowest BCUT2D eigenvalue weighted by Crippen LogP contribution is -2.05. The van der Waals surface area contributed by atoms with Gasteiger partial charge < -0.3 is 4.74 Å². The number of hydrogen-bond donors (Lipinski definition) is 0. The molecular weight excluding hydrogens is 314 g/mol. The molecular formula is C20H17N3O2. The van der Waals surface area contributed by atoms with Gasteiger partial charge in [0.15, 0.2) is 0 Å². The zero-order chi connectivity index (χ0) is 17.4. The molecule has 1 unspecified atom stereocenters. The fourth-order valence-electron chi connectivity index (χ4n) is 3.76. The van der Waals surface area contributed by atoms with Gasteiger partial charge in [-0.25, -0.2) is 9.31 Å². The summed E-state index contributed by atoms with van der Waals surface area (Å²) in [4.78, 5) is 12.6. The Bertz CT molecular complexity index is 999. The second kappa shape index (κ2) is 6.06. The van der Waals surface area contributed by atoms with Crippen molar-refractivity contribution in [2.45, 2.75) is 25.2 Å². The standard InChI is InChI=1S/C20H17N3O2/c1-25-20(24)17-18(15-5-3-2-4-6-15)22-23-12-10-14-8-7-13(9-11-21)16(14)19(17)23/h2-6,10,12-13H,7-9H2,1H3. The molecule has 0 saturated heterocycles. The number of fused-ring (bicyclic) bond motifs is 3. The van der Waals surface area contributed by atoms with Crippen LogP contribution in [-0.2, 0) is 11.2 Å². The number of pyridine rings is 1. The number of ether oxygens (including phenoxy) is 1. The van der Waals surface area contributed by atoms with E-state index in [0.717, 1.165) is 29.5 Å². The molecule has 5 nitrogen and oxygen atoms in total. The van der Waals surface area contributed by atoms with Crippen LogP contribution >= 0.6 is 0 Å². The smallest absolute Gasteiger partial charge is 0.342 e. The highest BCUT2D eigenvalue weighted by Crippen LogP contribution is 2.41. The summed E-state index contributed by atoms with van der Waals surface area (Å²) in [5.74, 6) is -0.266. The molecule has 1 aliphatic rings. The number of aromatic nitrogens is 2. The third-order valence-electron chi connectivity index (χ3n) is 4.87. The number of nitrogens with zero attached hydrogens (tertiary/aromatic N) is 3. The van der Waals surface area contributed by atoms with Gasteiger partial charge in [0.2, 0.25) is 0 Å². The minimum absolute atomic E-state index is 0.132. The van der Waals surface area contributed by atoms with Crippen LogP contribution in [-0.4, -0.2) is 22.7 Å². The Labute approximate surface area is 145 Å². The molecule has 0 bridgehead atoms. The molecule has 124 valence electrons. The van der Waals surface area contributed by atoms with Gasteiger partial charge >= 0.3 is 5.97 Å². The second-order valence-electron chi connectivity index (χ2n) is 6.23. The third kappa shape index (κ3) is 2.38. The van der Waals surface area contributed by atoms with E-state index >= 15 is 0 Å². The molecule has 0 amide bonds. The normalized spacial score (nSPS) is 15.8. The molecule has 2 heterocycles. The molecule has 25 heavy (non-hydrogen) atoms. The minimum atomic E-state index is -0.398. The summed E-state index contributed by atoms with van der Waals surface area (Å²) in [5.41, 5.74) is 5.01. The van der Waals surface area contributed by atoms with Gasteiger partial charge in [-0.15, -0.1) is 0 Å². The lowest BCUT2D eigenvalue weighted by Gasteiger charge is -2.10. The molecule has 1 aromatic carbocycles. The molecule has 0 N–H and O–H groups in total. The van der Waals surface area contributed by atoms with Gasteiger partial charge in [-0.1, -0.05) is 30.3 Å². The lowest BCUT2D eigenvalue weighted by molar-refractivity contribution is 0.0603. The third-order valence-corrected chi connectivity index (χ3v) is 4.87. The van der Waals surface area contributed by atoms with Gasteiger partial charge in [-0.2, -0.15) is 10.4 Å². The molecule has 2 aromatic heterocycles. The second-order valence-corrected chi connectivity index (χ2v) is 6.23. The van der Waals surface area contributed by atoms with E-state index in [0.29, 0.717) is 17.7 Å². The monoisotopic (exact) mass is 331 g/mol. The number of aryl methyl sites for hydroxylation is 1. The number of esters is 1. The molecule has 3 aromatic rings. The van der Waals surface area contributed by atoms with Gasteiger partial charge in [-0.3, -0.25) is 0 Å². The Morgan fingerprint density at radius 2 is 2.16 bits per heavy atom. The van der Waals surface area contributed by atoms with Crippen molar-refractivity contribution in [1.29, 1.82) is 5.26 Å². The zero-order valence-corrected chi connectivity index (χ0v) is 13.9. The van der Waals surface area contributed by atoms with Gasteiger partial charge in [0.25, 0.3) is 0 Å². The van der Waals surface area contributed by atoms with Crippen LogP contribution in [0.15, 0.2) is 42.6 Å². The van der Waals surface area contributed by atoms with Crippen molar-refractivity contribution in [3.05, 3.63) is 59.3 Å². The zero-order valence-electron chi connectivity index (χ0n) is 13.9. The summed E-state index contributed by atoms with van der Waals surface area (Å²) >= 11 is 0. The van der Waals surface area contributed by atoms with Crippen molar-refractivity contribution >= 4 is 11.5 Å². The number of carbonyl (C=O) groups excluding carboxylic acids is 1. The van der Waals surface area contributed by atoms with Crippen LogP contribution < -0.4 is 0 Å². The maximum absolute atomic E-state index is 12.6. The van der Waals surface area contributed by atoms with Crippen LogP contribution in [0.1, 0.15) is 40.2 Å². The van der Waals surface area contributed by atoms with Crippen LogP contribution in [0.25, 0.3) is 16.8 Å². The van der Waals surface area contributed by atoms with E-state index in [4.69, 9.17) is 10.00 Å². The minimum Gasteiger partial charge on any atom is -0.465 e. The highest BCUT2D eigenvalue weighted by atomic mass is 16.5. The predicted molar refractivity (Wildman–Crippen MR) is 93.3 cm³/mol. The molecule has 0 aliphatic heterocycles. The van der Waals surface area contributed by atoms with Crippen LogP contribution in [0.5, 0.6) is 0 Å². The lowest BCUT2D eigenvalue weighted by atomic mass is 9.95. The van der Waals surface area contributed by atoms with E-state index in [-0.39, 0.29) is 5.92 Å². The molecule has 4 rings (SSSR count). The number of carbonyl (C=O) groups is 1. The number of methoxy groups -OCH3 is 1. The van der Waals surface area contributed by atoms with E-state index in [9.17, 15) is 4.79 Å². The quantitative estimate of drug-likeness (QED) is 0.686. The SMILES string of the molecule is COC(=O)c1c(-c2ccccc2)nn2ccc3c(c12)C(CC#N)CC3. The predicted octanol–water partition coefficient (Wildman–Crippen LogP) is 3.73. The van der Waals surface area contributed by atoms with Gasteiger partial charge in [0, 0.05) is 18.2 Å². The molecule has 1 atom stereocenters. The number of rotatable bonds is 3. The van der Waals surface area contributed by atoms with Crippen molar-refractivity contribution < 1.29 is 9.53 Å². The topological polar surface area (TPSA) is 67.4 Å². The van der Waals surface area contributed by atoms with Crippen LogP contribution in [0, 0.1) is 11.3 Å². The van der Waals surface area contributed by atoms with E-state index in [1.165, 1.54) is 12.7 Å². The van der Waals surface area contributed by atoms with Gasteiger partial charge in [0.1, 0.15) is 11.3 Å². The molecule has 1 aliphatic carbocycles. The van der Waals surface area contributed by atoms with Crippen LogP contribution in [0.2, 0.25) is 0 Å². The summed E-state index contributed by atoms with van der Waals surface area (Å²) in [6, 6.07) is 13.9. The average molecular weight is 331 g/mol. The Kier molecular flexibility index (Phi) is 3.73. The summed E-state index contributed by atoms with van der Waals surface area (Å²) in [6.45, 7) is 0. The fourth-order valence-corrected chi connectivity index (χ4v) is 3.76. The van der Waals surface area contributed by atoms with Crippen LogP contribution in [0.4, 0.5) is 0 Å². The molecule has 0 fully saturated rings. The Balaban J connectivity index is 2.05. The highest BCUT2D eigenvalue weighted by molar-refractivity contribution is 6.04. The van der Waals surface area contributed by atoms with E-state index < -0.39 is 5.97 Å². The largest absolute Gasteiger partial charge is 0.465 e. The first-order valence-corrected chi connectivity index (χ1v) is 8.29. The molecule has 0 radical (unpaired) electrons.